The molecule has 1 heterocycles. The van der Waals surface area contributed by atoms with Gasteiger partial charge in [-0.05, 0) is 37.4 Å². The van der Waals surface area contributed by atoms with E-state index < -0.39 is 0 Å². The first-order valence-electron chi connectivity index (χ1n) is 5.41. The van der Waals surface area contributed by atoms with Crippen molar-refractivity contribution in [1.29, 1.82) is 5.26 Å². The number of anilines is 2. The maximum atomic E-state index is 8.78. The molecular weight excluding hydrogens is 262 g/mol. The van der Waals surface area contributed by atoms with Gasteiger partial charge in [-0.25, -0.2) is 4.98 Å². The molecular formula is C13H13N3S2. The van der Waals surface area contributed by atoms with Gasteiger partial charge < -0.3 is 4.90 Å². The lowest BCUT2D eigenvalue weighted by Gasteiger charge is -2.15. The molecule has 3 nitrogen and oxygen atoms in total. The summed E-state index contributed by atoms with van der Waals surface area (Å²) in [6.07, 6.45) is 2.04. The summed E-state index contributed by atoms with van der Waals surface area (Å²) in [6.45, 7) is 2.08. The summed E-state index contributed by atoms with van der Waals surface area (Å²) in [7, 11) is 1.99. The van der Waals surface area contributed by atoms with Crippen LogP contribution in [0.3, 0.4) is 0 Å². The molecule has 0 aliphatic rings. The Morgan fingerprint density at radius 2 is 2.00 bits per heavy atom. The van der Waals surface area contributed by atoms with Crippen molar-refractivity contribution in [2.45, 2.75) is 11.9 Å². The molecule has 0 aliphatic carbocycles. The third kappa shape index (κ3) is 2.50. The quantitative estimate of drug-likeness (QED) is 0.799. The summed E-state index contributed by atoms with van der Waals surface area (Å²) in [5, 5.41) is 10.8. The number of aromatic nitrogens is 1. The Kier molecular flexibility index (Phi) is 3.90. The van der Waals surface area contributed by atoms with Crippen molar-refractivity contribution < 1.29 is 0 Å². The van der Waals surface area contributed by atoms with Gasteiger partial charge in [-0.2, -0.15) is 5.26 Å². The number of hydrogen-bond donors (Lipinski definition) is 0. The van der Waals surface area contributed by atoms with E-state index in [1.54, 1.807) is 23.1 Å². The second-order valence-corrected chi connectivity index (χ2v) is 5.76. The van der Waals surface area contributed by atoms with Crippen LogP contribution < -0.4 is 4.90 Å². The van der Waals surface area contributed by atoms with Gasteiger partial charge in [0.15, 0.2) is 5.13 Å². The maximum absolute atomic E-state index is 8.78. The molecule has 0 saturated carbocycles. The summed E-state index contributed by atoms with van der Waals surface area (Å²) >= 11 is 3.35. The Morgan fingerprint density at radius 1 is 1.33 bits per heavy atom. The first-order valence-corrected chi connectivity index (χ1v) is 7.45. The molecule has 0 bridgehead atoms. The molecule has 0 N–H and O–H groups in total. The lowest BCUT2D eigenvalue weighted by molar-refractivity contribution is 1.10. The lowest BCUT2D eigenvalue weighted by Crippen LogP contribution is -2.08. The number of aryl methyl sites for hydroxylation is 1. The van der Waals surface area contributed by atoms with Crippen LogP contribution in [0.4, 0.5) is 10.8 Å². The van der Waals surface area contributed by atoms with E-state index in [9.17, 15) is 0 Å². The number of nitrogens with zero attached hydrogens (tertiary/aromatic N) is 3. The Balaban J connectivity index is 2.29. The minimum absolute atomic E-state index is 0.673. The highest BCUT2D eigenvalue weighted by atomic mass is 32.2. The zero-order valence-corrected chi connectivity index (χ0v) is 12.1. The van der Waals surface area contributed by atoms with E-state index in [-0.39, 0.29) is 0 Å². The fraction of sp³-hybridized carbons (Fsp3) is 0.231. The highest BCUT2D eigenvalue weighted by molar-refractivity contribution is 7.98. The predicted molar refractivity (Wildman–Crippen MR) is 77.9 cm³/mol. The fourth-order valence-corrected chi connectivity index (χ4v) is 3.26. The number of benzene rings is 1. The van der Waals surface area contributed by atoms with Gasteiger partial charge in [0, 0.05) is 17.6 Å². The zero-order valence-electron chi connectivity index (χ0n) is 10.5. The smallest absolute Gasteiger partial charge is 0.190 e. The van der Waals surface area contributed by atoms with Crippen molar-refractivity contribution in [3.8, 4) is 6.07 Å². The number of thioether (sulfide) groups is 1. The van der Waals surface area contributed by atoms with Gasteiger partial charge >= 0.3 is 0 Å². The average Bonchev–Trinajstić information content (AvgIpc) is 2.79. The monoisotopic (exact) mass is 275 g/mol. The molecule has 0 unspecified atom stereocenters. The van der Waals surface area contributed by atoms with Crippen LogP contribution in [0.15, 0.2) is 29.3 Å². The van der Waals surface area contributed by atoms with Gasteiger partial charge in [0.2, 0.25) is 0 Å². The van der Waals surface area contributed by atoms with Crippen molar-refractivity contribution in [3.63, 3.8) is 0 Å². The second kappa shape index (κ2) is 5.42. The van der Waals surface area contributed by atoms with Crippen LogP contribution in [-0.2, 0) is 0 Å². The Labute approximate surface area is 115 Å². The van der Waals surface area contributed by atoms with Crippen LogP contribution in [0.25, 0.3) is 0 Å². The van der Waals surface area contributed by atoms with Crippen LogP contribution in [0.1, 0.15) is 10.4 Å². The van der Waals surface area contributed by atoms with Crippen LogP contribution in [-0.4, -0.2) is 18.3 Å². The molecule has 1 aromatic heterocycles. The molecule has 18 heavy (non-hydrogen) atoms. The third-order valence-electron chi connectivity index (χ3n) is 2.61. The maximum Gasteiger partial charge on any atom is 0.190 e. The normalized spacial score (nSPS) is 10.1. The number of thiazole rings is 1. The highest BCUT2D eigenvalue weighted by Gasteiger charge is 2.11. The van der Waals surface area contributed by atoms with Crippen molar-refractivity contribution in [1.82, 2.24) is 4.98 Å². The van der Waals surface area contributed by atoms with Crippen molar-refractivity contribution in [2.75, 3.05) is 18.2 Å². The van der Waals surface area contributed by atoms with Crippen LogP contribution in [0, 0.1) is 18.3 Å². The molecule has 92 valence electrons. The largest absolute Gasteiger partial charge is 0.321 e. The molecule has 0 aliphatic heterocycles. The van der Waals surface area contributed by atoms with E-state index >= 15 is 0 Å². The first kappa shape index (κ1) is 12.9. The Morgan fingerprint density at radius 3 is 2.50 bits per heavy atom. The first-order chi connectivity index (χ1) is 8.65. The molecule has 2 aromatic rings. The van der Waals surface area contributed by atoms with Crippen molar-refractivity contribution >= 4 is 33.9 Å². The lowest BCUT2D eigenvalue weighted by atomic mass is 10.2. The highest BCUT2D eigenvalue weighted by Crippen LogP contribution is 2.33. The molecule has 1 aromatic carbocycles. The van der Waals surface area contributed by atoms with Gasteiger partial charge in [-0.1, -0.05) is 0 Å². The number of nitriles is 1. The number of rotatable bonds is 3. The molecule has 0 saturated heterocycles. The summed E-state index contributed by atoms with van der Waals surface area (Å²) < 4.78 is 0. The summed E-state index contributed by atoms with van der Waals surface area (Å²) in [5.41, 5.74) is 1.71. The van der Waals surface area contributed by atoms with E-state index in [0.29, 0.717) is 5.56 Å². The van der Waals surface area contributed by atoms with Crippen LogP contribution in [0.5, 0.6) is 0 Å². The van der Waals surface area contributed by atoms with Gasteiger partial charge in [0.05, 0.1) is 11.6 Å². The minimum Gasteiger partial charge on any atom is -0.321 e. The average molecular weight is 275 g/mol. The van der Waals surface area contributed by atoms with E-state index in [2.05, 4.69) is 18.0 Å². The van der Waals surface area contributed by atoms with E-state index in [1.165, 1.54) is 4.88 Å². The van der Waals surface area contributed by atoms with Gasteiger partial charge in [-0.15, -0.1) is 23.1 Å². The standard InChI is InChI=1S/C13H13N3S2/c1-9-12(17-3)15-13(18-9)16(2)11-6-4-10(8-14)5-7-11/h4-7H,1-3H3. The second-order valence-electron chi connectivity index (χ2n) is 3.78. The van der Waals surface area contributed by atoms with E-state index in [0.717, 1.165) is 15.8 Å². The molecule has 0 atom stereocenters. The van der Waals surface area contributed by atoms with E-state index in [4.69, 9.17) is 5.26 Å². The summed E-state index contributed by atoms with van der Waals surface area (Å²) in [5.74, 6) is 0. The molecule has 0 spiro atoms. The minimum atomic E-state index is 0.673. The van der Waals surface area contributed by atoms with Gasteiger partial charge in [-0.3, -0.25) is 0 Å². The summed E-state index contributed by atoms with van der Waals surface area (Å²) in [4.78, 5) is 7.86. The number of hydrogen-bond acceptors (Lipinski definition) is 5. The SMILES string of the molecule is CSc1nc(N(C)c2ccc(C#N)cc2)sc1C. The molecule has 5 heteroatoms. The molecule has 2 rings (SSSR count). The Hall–Kier alpha value is -1.51. The zero-order chi connectivity index (χ0) is 13.1. The molecule has 0 radical (unpaired) electrons. The summed E-state index contributed by atoms with van der Waals surface area (Å²) in [6, 6.07) is 9.64. The van der Waals surface area contributed by atoms with Crippen LogP contribution >= 0.6 is 23.1 Å². The van der Waals surface area contributed by atoms with Crippen molar-refractivity contribution in [2.24, 2.45) is 0 Å². The van der Waals surface area contributed by atoms with Crippen molar-refractivity contribution in [3.05, 3.63) is 34.7 Å². The fourth-order valence-electron chi connectivity index (χ4n) is 1.57. The van der Waals surface area contributed by atoms with Gasteiger partial charge in [0.1, 0.15) is 5.03 Å². The van der Waals surface area contributed by atoms with Crippen LogP contribution in [0.2, 0.25) is 0 Å². The topological polar surface area (TPSA) is 39.9 Å². The Bertz CT molecular complexity index is 581. The van der Waals surface area contributed by atoms with E-state index in [1.807, 2.05) is 42.5 Å². The molecule has 0 amide bonds. The van der Waals surface area contributed by atoms with Gasteiger partial charge in [0.25, 0.3) is 0 Å². The predicted octanol–water partition coefficient (Wildman–Crippen LogP) is 3.81. The molecule has 0 fully saturated rings. The third-order valence-corrected chi connectivity index (χ3v) is 4.57.